The minimum Gasteiger partial charge on any atom is -0.342 e. The first kappa shape index (κ1) is 25.6. The number of carbonyl (C=O) groups is 1. The number of hydrogen-bond donors (Lipinski definition) is 1. The minimum atomic E-state index is -6.16. The lowest BCUT2D eigenvalue weighted by Crippen LogP contribution is -2.29. The lowest BCUT2D eigenvalue weighted by atomic mass is 10.1. The largest absolute Gasteiger partial charge is 0.501 e. The van der Waals surface area contributed by atoms with Crippen LogP contribution in [0, 0.1) is 11.3 Å². The van der Waals surface area contributed by atoms with E-state index in [-0.39, 0.29) is 35.4 Å². The first-order valence-electron chi connectivity index (χ1n) is 9.26. The van der Waals surface area contributed by atoms with Crippen molar-refractivity contribution in [2.45, 2.75) is 29.5 Å². The lowest BCUT2D eigenvalue weighted by Gasteiger charge is -2.15. The van der Waals surface area contributed by atoms with Crippen LogP contribution in [-0.4, -0.2) is 39.6 Å². The minimum absolute atomic E-state index is 0.0420. The molecule has 1 amide bonds. The molecule has 35 heavy (non-hydrogen) atoms. The first-order chi connectivity index (χ1) is 16.1. The SMILES string of the molecule is CC(NC(=O)c1cc(C(F)(F)F)cc(S(=O)(=O)C(F)(F)F)c1)c1ncn(-c2ccc(C#N)cn2)n1. The molecule has 0 aliphatic heterocycles. The van der Waals surface area contributed by atoms with Gasteiger partial charge < -0.3 is 5.32 Å². The fourth-order valence-corrected chi connectivity index (χ4v) is 3.53. The summed E-state index contributed by atoms with van der Waals surface area (Å²) in [6, 6.07) is 3.95. The average Bonchev–Trinajstić information content (AvgIpc) is 3.28. The van der Waals surface area contributed by atoms with Crippen molar-refractivity contribution in [3.8, 4) is 11.9 Å². The zero-order chi connectivity index (χ0) is 26.2. The second-order valence-corrected chi connectivity index (χ2v) is 8.89. The molecule has 0 aliphatic carbocycles. The normalized spacial score (nSPS) is 13.2. The van der Waals surface area contributed by atoms with Gasteiger partial charge in [0.1, 0.15) is 12.4 Å². The number of halogens is 6. The van der Waals surface area contributed by atoms with E-state index in [4.69, 9.17) is 5.26 Å². The molecule has 9 nitrogen and oxygen atoms in total. The summed E-state index contributed by atoms with van der Waals surface area (Å²) in [5, 5.41) is 15.1. The van der Waals surface area contributed by atoms with Crippen molar-refractivity contribution in [2.75, 3.05) is 0 Å². The van der Waals surface area contributed by atoms with E-state index >= 15 is 0 Å². The Kier molecular flexibility index (Phi) is 6.57. The maximum Gasteiger partial charge on any atom is 0.501 e. The Labute approximate surface area is 193 Å². The van der Waals surface area contributed by atoms with Crippen molar-refractivity contribution in [3.05, 3.63) is 65.4 Å². The van der Waals surface area contributed by atoms with Crippen molar-refractivity contribution >= 4 is 15.7 Å². The molecule has 0 aliphatic rings. The second-order valence-electron chi connectivity index (χ2n) is 6.95. The van der Waals surface area contributed by atoms with E-state index in [1.165, 1.54) is 36.3 Å². The monoisotopic (exact) mass is 518 g/mol. The maximum atomic E-state index is 13.2. The first-order valence-corrected chi connectivity index (χ1v) is 10.7. The van der Waals surface area contributed by atoms with Crippen LogP contribution in [0.2, 0.25) is 0 Å². The number of aromatic nitrogens is 4. The molecule has 0 saturated carbocycles. The van der Waals surface area contributed by atoms with E-state index < -0.39 is 49.5 Å². The molecule has 3 aromatic rings. The highest BCUT2D eigenvalue weighted by Crippen LogP contribution is 2.36. The number of pyridine rings is 1. The van der Waals surface area contributed by atoms with E-state index in [1.807, 2.05) is 6.07 Å². The number of benzene rings is 1. The predicted molar refractivity (Wildman–Crippen MR) is 104 cm³/mol. The topological polar surface area (TPSA) is 131 Å². The van der Waals surface area contributed by atoms with Gasteiger partial charge in [-0.25, -0.2) is 23.1 Å². The van der Waals surface area contributed by atoms with Crippen LogP contribution in [0.15, 0.2) is 47.8 Å². The number of carbonyl (C=O) groups excluding carboxylic acids is 1. The molecule has 0 saturated heterocycles. The summed E-state index contributed by atoms with van der Waals surface area (Å²) in [5.41, 5.74) is -8.32. The number of nitriles is 1. The molecule has 1 aromatic carbocycles. The van der Waals surface area contributed by atoms with Crippen LogP contribution in [0.1, 0.15) is 40.3 Å². The van der Waals surface area contributed by atoms with Gasteiger partial charge in [0.15, 0.2) is 11.6 Å². The Bertz CT molecular complexity index is 1410. The number of amides is 1. The van der Waals surface area contributed by atoms with E-state index in [2.05, 4.69) is 20.4 Å². The highest BCUT2D eigenvalue weighted by atomic mass is 32.2. The van der Waals surface area contributed by atoms with Gasteiger partial charge in [-0.05, 0) is 37.3 Å². The van der Waals surface area contributed by atoms with Crippen LogP contribution in [-0.2, 0) is 16.0 Å². The summed E-state index contributed by atoms with van der Waals surface area (Å²) in [5.74, 6) is -1.09. The molecular formula is C19H12F6N6O3S. The zero-order valence-electron chi connectivity index (χ0n) is 17.3. The third-order valence-electron chi connectivity index (χ3n) is 4.47. The molecule has 1 atom stereocenters. The summed E-state index contributed by atoms with van der Waals surface area (Å²) in [7, 11) is -6.16. The highest BCUT2D eigenvalue weighted by Gasteiger charge is 2.48. The maximum absolute atomic E-state index is 13.2. The summed E-state index contributed by atoms with van der Waals surface area (Å²) in [6.07, 6.45) is -2.76. The Balaban J connectivity index is 1.90. The fourth-order valence-electron chi connectivity index (χ4n) is 2.70. The zero-order valence-corrected chi connectivity index (χ0v) is 18.1. The Morgan fingerprint density at radius 3 is 2.34 bits per heavy atom. The molecule has 0 fully saturated rings. The molecule has 0 radical (unpaired) electrons. The second kappa shape index (κ2) is 8.98. The number of hydrogen-bond acceptors (Lipinski definition) is 7. The molecule has 16 heteroatoms. The standard InChI is InChI=1S/C19H12F6N6O3S/c1-10(16-28-9-31(30-16)15-3-2-11(7-26)8-27-15)29-17(32)12-4-13(18(20,21)22)6-14(5-12)35(33,34)19(23,24)25/h2-6,8-10H,1H3,(H,29,32). The van der Waals surface area contributed by atoms with Crippen LogP contribution in [0.4, 0.5) is 26.3 Å². The Hall–Kier alpha value is -4.00. The van der Waals surface area contributed by atoms with Crippen molar-refractivity contribution < 1.29 is 39.6 Å². The number of sulfone groups is 1. The van der Waals surface area contributed by atoms with Crippen molar-refractivity contribution in [1.29, 1.82) is 5.26 Å². The van der Waals surface area contributed by atoms with Gasteiger partial charge in [0.25, 0.3) is 15.7 Å². The third kappa shape index (κ3) is 5.40. The molecule has 2 aromatic heterocycles. The van der Waals surface area contributed by atoms with Crippen LogP contribution in [0.25, 0.3) is 5.82 Å². The Morgan fingerprint density at radius 2 is 1.80 bits per heavy atom. The number of rotatable bonds is 5. The summed E-state index contributed by atoms with van der Waals surface area (Å²) >= 11 is 0. The quantitative estimate of drug-likeness (QED) is 0.513. The number of nitrogens with zero attached hydrogens (tertiary/aromatic N) is 5. The van der Waals surface area contributed by atoms with Gasteiger partial charge in [0.05, 0.1) is 22.1 Å². The van der Waals surface area contributed by atoms with E-state index in [1.54, 1.807) is 0 Å². The molecule has 2 heterocycles. The van der Waals surface area contributed by atoms with Crippen molar-refractivity contribution in [2.24, 2.45) is 0 Å². The molecule has 184 valence electrons. The molecule has 0 bridgehead atoms. The fraction of sp³-hybridized carbons (Fsp3) is 0.211. The molecule has 3 rings (SSSR count). The van der Waals surface area contributed by atoms with Crippen LogP contribution in [0.3, 0.4) is 0 Å². The number of nitrogens with one attached hydrogen (secondary N) is 1. The van der Waals surface area contributed by atoms with Crippen LogP contribution >= 0.6 is 0 Å². The third-order valence-corrected chi connectivity index (χ3v) is 5.93. The van der Waals surface area contributed by atoms with E-state index in [0.717, 1.165) is 0 Å². The van der Waals surface area contributed by atoms with Gasteiger partial charge in [0, 0.05) is 11.8 Å². The number of alkyl halides is 6. The van der Waals surface area contributed by atoms with E-state index in [0.29, 0.717) is 0 Å². The van der Waals surface area contributed by atoms with Crippen molar-refractivity contribution in [3.63, 3.8) is 0 Å². The van der Waals surface area contributed by atoms with Crippen LogP contribution in [0.5, 0.6) is 0 Å². The summed E-state index contributed by atoms with van der Waals surface area (Å²) in [4.78, 5) is 18.7. The molecule has 1 unspecified atom stereocenters. The Morgan fingerprint density at radius 1 is 1.11 bits per heavy atom. The van der Waals surface area contributed by atoms with Gasteiger partial charge in [-0.1, -0.05) is 0 Å². The van der Waals surface area contributed by atoms with E-state index in [9.17, 15) is 39.6 Å². The summed E-state index contributed by atoms with van der Waals surface area (Å²) in [6.45, 7) is 1.34. The average molecular weight is 518 g/mol. The van der Waals surface area contributed by atoms with Gasteiger partial charge in [0.2, 0.25) is 0 Å². The van der Waals surface area contributed by atoms with Gasteiger partial charge in [-0.3, -0.25) is 4.79 Å². The predicted octanol–water partition coefficient (Wildman–Crippen LogP) is 3.34. The lowest BCUT2D eigenvalue weighted by molar-refractivity contribution is -0.137. The van der Waals surface area contributed by atoms with Crippen molar-refractivity contribution in [1.82, 2.24) is 25.1 Å². The summed E-state index contributed by atoms with van der Waals surface area (Å²) < 4.78 is 103. The van der Waals surface area contributed by atoms with Crippen LogP contribution < -0.4 is 5.32 Å². The molecule has 0 spiro atoms. The van der Waals surface area contributed by atoms with Gasteiger partial charge in [-0.15, -0.1) is 5.10 Å². The smallest absolute Gasteiger partial charge is 0.342 e. The van der Waals surface area contributed by atoms with Gasteiger partial charge >= 0.3 is 11.7 Å². The van der Waals surface area contributed by atoms with Gasteiger partial charge in [-0.2, -0.15) is 31.6 Å². The highest BCUT2D eigenvalue weighted by molar-refractivity contribution is 7.92. The molecule has 1 N–H and O–H groups in total. The molecular weight excluding hydrogens is 506 g/mol.